The van der Waals surface area contributed by atoms with Crippen molar-refractivity contribution in [2.24, 2.45) is 0 Å². The molecule has 0 aliphatic carbocycles. The number of piperidine rings is 1. The first-order valence-corrected chi connectivity index (χ1v) is 6.17. The van der Waals surface area contributed by atoms with Crippen molar-refractivity contribution in [3.05, 3.63) is 0 Å². The number of ether oxygens (including phenoxy) is 1. The third-order valence-electron chi connectivity index (χ3n) is 3.58. The molecule has 0 aromatic heterocycles. The molecule has 4 nitrogen and oxygen atoms in total. The normalized spacial score (nSPS) is 28.3. The Morgan fingerprint density at radius 1 is 1.31 bits per heavy atom. The van der Waals surface area contributed by atoms with Crippen LogP contribution in [0.25, 0.3) is 0 Å². The van der Waals surface area contributed by atoms with Gasteiger partial charge in [0.05, 0.1) is 6.54 Å². The Morgan fingerprint density at radius 3 is 2.62 bits per heavy atom. The highest BCUT2D eigenvalue weighted by Crippen LogP contribution is 2.24. The third-order valence-corrected chi connectivity index (χ3v) is 3.58. The average molecular weight is 226 g/mol. The molecule has 0 unspecified atom stereocenters. The Labute approximate surface area is 97.5 Å². The molecule has 2 rings (SSSR count). The summed E-state index contributed by atoms with van der Waals surface area (Å²) in [5.74, 6) is 0. The van der Waals surface area contributed by atoms with Crippen molar-refractivity contribution in [1.82, 2.24) is 9.80 Å². The molecule has 92 valence electrons. The fourth-order valence-electron chi connectivity index (χ4n) is 2.56. The Hall–Kier alpha value is -0.770. The van der Waals surface area contributed by atoms with Crippen molar-refractivity contribution < 1.29 is 9.53 Å². The summed E-state index contributed by atoms with van der Waals surface area (Å²) in [6.45, 7) is 10.2. The van der Waals surface area contributed by atoms with Gasteiger partial charge in [-0.25, -0.2) is 4.79 Å². The van der Waals surface area contributed by atoms with Crippen LogP contribution in [0.5, 0.6) is 0 Å². The van der Waals surface area contributed by atoms with Gasteiger partial charge in [0.2, 0.25) is 0 Å². The van der Waals surface area contributed by atoms with Crippen molar-refractivity contribution in [2.45, 2.75) is 45.2 Å². The van der Waals surface area contributed by atoms with E-state index in [0.717, 1.165) is 26.1 Å². The molecule has 1 atom stereocenters. The van der Waals surface area contributed by atoms with Crippen molar-refractivity contribution in [2.75, 3.05) is 26.2 Å². The predicted molar refractivity (Wildman–Crippen MR) is 62.4 cm³/mol. The van der Waals surface area contributed by atoms with E-state index in [9.17, 15) is 4.79 Å². The first-order chi connectivity index (χ1) is 7.48. The summed E-state index contributed by atoms with van der Waals surface area (Å²) in [6, 6.07) is 0.350. The Balaban J connectivity index is 1.99. The van der Waals surface area contributed by atoms with Gasteiger partial charge in [0.1, 0.15) is 6.61 Å². The van der Waals surface area contributed by atoms with Gasteiger partial charge in [-0.15, -0.1) is 0 Å². The lowest BCUT2D eigenvalue weighted by Crippen LogP contribution is -2.54. The number of cyclic esters (lactones) is 1. The van der Waals surface area contributed by atoms with Crippen molar-refractivity contribution in [3.8, 4) is 0 Å². The van der Waals surface area contributed by atoms with Crippen LogP contribution in [0, 0.1) is 0 Å². The van der Waals surface area contributed by atoms with Crippen LogP contribution in [0.2, 0.25) is 0 Å². The van der Waals surface area contributed by atoms with Crippen LogP contribution in [-0.2, 0) is 4.74 Å². The molecule has 0 N–H and O–H groups in total. The van der Waals surface area contributed by atoms with E-state index in [-0.39, 0.29) is 11.6 Å². The number of rotatable bonds is 1. The monoisotopic (exact) mass is 226 g/mol. The molecular formula is C12H22N2O2. The Kier molecular flexibility index (Phi) is 3.10. The van der Waals surface area contributed by atoms with E-state index in [4.69, 9.17) is 4.74 Å². The van der Waals surface area contributed by atoms with E-state index in [2.05, 4.69) is 25.7 Å². The highest BCUT2D eigenvalue weighted by atomic mass is 16.6. The lowest BCUT2D eigenvalue weighted by atomic mass is 9.97. The maximum atomic E-state index is 11.5. The maximum Gasteiger partial charge on any atom is 0.410 e. The molecule has 0 aromatic carbocycles. The molecule has 0 aromatic rings. The second kappa shape index (κ2) is 4.24. The fraction of sp³-hybridized carbons (Fsp3) is 0.917. The zero-order valence-electron chi connectivity index (χ0n) is 10.5. The largest absolute Gasteiger partial charge is 0.448 e. The zero-order valence-corrected chi connectivity index (χ0v) is 10.5. The number of hydrogen-bond donors (Lipinski definition) is 0. The quantitative estimate of drug-likeness (QED) is 0.682. The van der Waals surface area contributed by atoms with Crippen molar-refractivity contribution >= 4 is 6.09 Å². The number of carbonyl (C=O) groups excluding carboxylic acids is 1. The standard InChI is InChI=1S/C12H22N2O2/c1-12(2,3)13-6-4-5-10(9-13)14-7-8-16-11(14)15/h10H,4-9H2,1-3H3/t10-/m1/s1. The van der Waals surface area contributed by atoms with Gasteiger partial charge in [0.15, 0.2) is 0 Å². The molecule has 0 saturated carbocycles. The molecule has 0 spiro atoms. The molecule has 2 heterocycles. The minimum atomic E-state index is -0.124. The summed E-state index contributed by atoms with van der Waals surface area (Å²) in [5.41, 5.74) is 0.197. The molecule has 0 radical (unpaired) electrons. The maximum absolute atomic E-state index is 11.5. The van der Waals surface area contributed by atoms with Crippen LogP contribution < -0.4 is 0 Å². The molecule has 2 aliphatic rings. The van der Waals surface area contributed by atoms with Gasteiger partial charge in [-0.2, -0.15) is 0 Å². The number of hydrogen-bond acceptors (Lipinski definition) is 3. The minimum absolute atomic E-state index is 0.124. The van der Waals surface area contributed by atoms with E-state index < -0.39 is 0 Å². The average Bonchev–Trinajstić information content (AvgIpc) is 2.63. The summed E-state index contributed by atoms with van der Waals surface area (Å²) in [4.78, 5) is 15.9. The summed E-state index contributed by atoms with van der Waals surface area (Å²) >= 11 is 0. The smallest absolute Gasteiger partial charge is 0.410 e. The van der Waals surface area contributed by atoms with E-state index in [1.807, 2.05) is 4.90 Å². The summed E-state index contributed by atoms with van der Waals surface area (Å²) in [7, 11) is 0. The number of carbonyl (C=O) groups is 1. The lowest BCUT2D eigenvalue weighted by molar-refractivity contribution is 0.0582. The Morgan fingerprint density at radius 2 is 2.06 bits per heavy atom. The zero-order chi connectivity index (χ0) is 11.8. The van der Waals surface area contributed by atoms with Gasteiger partial charge in [0, 0.05) is 18.1 Å². The number of likely N-dealkylation sites (tertiary alicyclic amines) is 1. The first kappa shape index (κ1) is 11.7. The minimum Gasteiger partial charge on any atom is -0.448 e. The van der Waals surface area contributed by atoms with Crippen molar-refractivity contribution in [3.63, 3.8) is 0 Å². The number of amides is 1. The van der Waals surface area contributed by atoms with Crippen LogP contribution in [0.15, 0.2) is 0 Å². The summed E-state index contributed by atoms with van der Waals surface area (Å²) < 4.78 is 5.01. The highest BCUT2D eigenvalue weighted by molar-refractivity contribution is 5.69. The topological polar surface area (TPSA) is 32.8 Å². The molecule has 0 bridgehead atoms. The highest BCUT2D eigenvalue weighted by Gasteiger charge is 2.35. The van der Waals surface area contributed by atoms with E-state index in [0.29, 0.717) is 12.6 Å². The molecule has 16 heavy (non-hydrogen) atoms. The van der Waals surface area contributed by atoms with Gasteiger partial charge in [-0.05, 0) is 40.2 Å². The molecule has 1 amide bonds. The molecular weight excluding hydrogens is 204 g/mol. The first-order valence-electron chi connectivity index (χ1n) is 6.17. The molecule has 2 saturated heterocycles. The molecule has 2 fully saturated rings. The third kappa shape index (κ3) is 2.32. The fourth-order valence-corrected chi connectivity index (χ4v) is 2.56. The van der Waals surface area contributed by atoms with Gasteiger partial charge < -0.3 is 9.64 Å². The summed E-state index contributed by atoms with van der Waals surface area (Å²) in [6.07, 6.45) is 2.16. The van der Waals surface area contributed by atoms with Crippen LogP contribution in [0.4, 0.5) is 4.79 Å². The second-order valence-corrected chi connectivity index (χ2v) is 5.72. The van der Waals surface area contributed by atoms with Crippen LogP contribution in [0.3, 0.4) is 0 Å². The van der Waals surface area contributed by atoms with Crippen LogP contribution in [-0.4, -0.2) is 53.7 Å². The lowest BCUT2D eigenvalue weighted by Gasteiger charge is -2.43. The van der Waals surface area contributed by atoms with Crippen LogP contribution >= 0.6 is 0 Å². The van der Waals surface area contributed by atoms with Crippen LogP contribution in [0.1, 0.15) is 33.6 Å². The van der Waals surface area contributed by atoms with E-state index >= 15 is 0 Å². The number of nitrogens with zero attached hydrogens (tertiary/aromatic N) is 2. The molecule has 4 heteroatoms. The predicted octanol–water partition coefficient (Wildman–Crippen LogP) is 1.70. The Bertz CT molecular complexity index is 273. The van der Waals surface area contributed by atoms with E-state index in [1.165, 1.54) is 6.42 Å². The molecule has 2 aliphatic heterocycles. The van der Waals surface area contributed by atoms with Gasteiger partial charge in [-0.3, -0.25) is 4.90 Å². The van der Waals surface area contributed by atoms with E-state index in [1.54, 1.807) is 0 Å². The van der Waals surface area contributed by atoms with Crippen molar-refractivity contribution in [1.29, 1.82) is 0 Å². The second-order valence-electron chi connectivity index (χ2n) is 5.72. The van der Waals surface area contributed by atoms with Gasteiger partial charge >= 0.3 is 6.09 Å². The SMILES string of the molecule is CC(C)(C)N1CCC[C@@H](N2CCOC2=O)C1. The van der Waals surface area contributed by atoms with Gasteiger partial charge in [-0.1, -0.05) is 0 Å². The summed E-state index contributed by atoms with van der Waals surface area (Å²) in [5, 5.41) is 0. The van der Waals surface area contributed by atoms with Gasteiger partial charge in [0.25, 0.3) is 0 Å².